The van der Waals surface area contributed by atoms with Crippen molar-refractivity contribution in [1.29, 1.82) is 0 Å². The molecular formula is C17H24BrClN2. The zero-order valence-corrected chi connectivity index (χ0v) is 15.2. The number of aryl methyl sites for hydroxylation is 1. The number of hydrogen-bond donors (Lipinski definition) is 1. The van der Waals surface area contributed by atoms with Crippen LogP contribution in [0.15, 0.2) is 16.6 Å². The molecule has 0 radical (unpaired) electrons. The highest BCUT2D eigenvalue weighted by molar-refractivity contribution is 9.10. The Kier molecular flexibility index (Phi) is 4.54. The van der Waals surface area contributed by atoms with Crippen LogP contribution in [0.1, 0.15) is 44.6 Å². The Morgan fingerprint density at radius 1 is 1.38 bits per heavy atom. The molecule has 3 rings (SSSR count). The van der Waals surface area contributed by atoms with Gasteiger partial charge in [-0.3, -0.25) is 0 Å². The van der Waals surface area contributed by atoms with Gasteiger partial charge in [0.1, 0.15) is 0 Å². The minimum Gasteiger partial charge on any atom is -0.364 e. The van der Waals surface area contributed by atoms with Crippen LogP contribution in [0.5, 0.6) is 0 Å². The van der Waals surface area contributed by atoms with Gasteiger partial charge in [-0.25, -0.2) is 0 Å². The molecule has 1 atom stereocenters. The number of halogens is 2. The average Bonchev–Trinajstić information content (AvgIpc) is 2.91. The summed E-state index contributed by atoms with van der Waals surface area (Å²) in [6.07, 6.45) is 6.47. The Morgan fingerprint density at radius 3 is 2.76 bits per heavy atom. The van der Waals surface area contributed by atoms with Gasteiger partial charge < -0.3 is 10.2 Å². The van der Waals surface area contributed by atoms with E-state index in [1.165, 1.54) is 31.4 Å². The lowest BCUT2D eigenvalue weighted by atomic mass is 9.91. The fraction of sp³-hybridized carbons (Fsp3) is 0.647. The van der Waals surface area contributed by atoms with Crippen LogP contribution in [0.4, 0.5) is 5.69 Å². The molecule has 116 valence electrons. The maximum absolute atomic E-state index is 6.38. The van der Waals surface area contributed by atoms with E-state index < -0.39 is 0 Å². The number of rotatable bonds is 2. The van der Waals surface area contributed by atoms with Crippen molar-refractivity contribution in [3.63, 3.8) is 0 Å². The van der Waals surface area contributed by atoms with Gasteiger partial charge in [0.15, 0.2) is 0 Å². The van der Waals surface area contributed by atoms with Crippen molar-refractivity contribution in [2.75, 3.05) is 18.0 Å². The van der Waals surface area contributed by atoms with E-state index in [2.05, 4.69) is 52.1 Å². The molecular weight excluding hydrogens is 348 g/mol. The third kappa shape index (κ3) is 2.97. The molecule has 1 saturated heterocycles. The van der Waals surface area contributed by atoms with Crippen molar-refractivity contribution in [2.45, 2.75) is 57.5 Å². The van der Waals surface area contributed by atoms with Gasteiger partial charge in [-0.2, -0.15) is 0 Å². The molecule has 21 heavy (non-hydrogen) atoms. The third-order valence-corrected chi connectivity index (χ3v) is 6.24. The smallest absolute Gasteiger partial charge is 0.0529 e. The zero-order valence-electron chi connectivity index (χ0n) is 12.9. The average molecular weight is 372 g/mol. The van der Waals surface area contributed by atoms with Gasteiger partial charge in [0.25, 0.3) is 0 Å². The number of piperazine rings is 1. The van der Waals surface area contributed by atoms with E-state index in [1.807, 2.05) is 0 Å². The van der Waals surface area contributed by atoms with Gasteiger partial charge in [-0.05, 0) is 59.8 Å². The first-order chi connectivity index (χ1) is 10.0. The maximum Gasteiger partial charge on any atom is 0.0529 e. The van der Waals surface area contributed by atoms with Gasteiger partial charge in [-0.15, -0.1) is 0 Å². The van der Waals surface area contributed by atoms with Gasteiger partial charge >= 0.3 is 0 Å². The van der Waals surface area contributed by atoms with E-state index in [1.54, 1.807) is 0 Å². The van der Waals surface area contributed by atoms with Crippen LogP contribution in [0.2, 0.25) is 5.02 Å². The maximum atomic E-state index is 6.38. The lowest BCUT2D eigenvalue weighted by Gasteiger charge is -2.48. The second-order valence-electron chi connectivity index (χ2n) is 6.61. The van der Waals surface area contributed by atoms with E-state index in [-0.39, 0.29) is 0 Å². The molecule has 1 spiro atoms. The Labute approximate surface area is 141 Å². The Bertz CT molecular complexity index is 526. The first-order valence-electron chi connectivity index (χ1n) is 8.02. The topological polar surface area (TPSA) is 15.3 Å². The Morgan fingerprint density at radius 2 is 2.10 bits per heavy atom. The summed E-state index contributed by atoms with van der Waals surface area (Å²) in [6.45, 7) is 6.51. The summed E-state index contributed by atoms with van der Waals surface area (Å²) in [5.41, 5.74) is 2.71. The first kappa shape index (κ1) is 15.6. The fourth-order valence-electron chi connectivity index (χ4n) is 3.84. The van der Waals surface area contributed by atoms with E-state index in [0.717, 1.165) is 34.6 Å². The van der Waals surface area contributed by atoms with Gasteiger partial charge in [0, 0.05) is 34.2 Å². The second-order valence-corrected chi connectivity index (χ2v) is 7.87. The monoisotopic (exact) mass is 370 g/mol. The summed E-state index contributed by atoms with van der Waals surface area (Å²) >= 11 is 10.1. The summed E-state index contributed by atoms with van der Waals surface area (Å²) in [5, 5.41) is 4.71. The van der Waals surface area contributed by atoms with E-state index in [9.17, 15) is 0 Å². The van der Waals surface area contributed by atoms with Crippen LogP contribution >= 0.6 is 27.5 Å². The lowest BCUT2D eigenvalue weighted by Crippen LogP contribution is -2.63. The largest absolute Gasteiger partial charge is 0.364 e. The predicted octanol–water partition coefficient (Wildman–Crippen LogP) is 4.91. The first-order valence-corrected chi connectivity index (χ1v) is 9.19. The predicted molar refractivity (Wildman–Crippen MR) is 94.5 cm³/mol. The van der Waals surface area contributed by atoms with Crippen LogP contribution in [-0.4, -0.2) is 24.7 Å². The standard InChI is InChI=1S/C17H24BrClN2/c1-3-13-10-20-17(6-4-5-7-17)11-21(13)16-9-15(19)12(2)8-14(16)18/h8-9,13,20H,3-7,10-11H2,1-2H3. The molecule has 1 aromatic rings. The minimum absolute atomic E-state index is 0.322. The Balaban J connectivity index is 1.94. The van der Waals surface area contributed by atoms with Crippen LogP contribution in [0.25, 0.3) is 0 Å². The molecule has 0 bridgehead atoms. The number of nitrogens with zero attached hydrogens (tertiary/aromatic N) is 1. The van der Waals surface area contributed by atoms with Gasteiger partial charge in [0.2, 0.25) is 0 Å². The highest BCUT2D eigenvalue weighted by Crippen LogP contribution is 2.39. The van der Waals surface area contributed by atoms with Crippen LogP contribution < -0.4 is 10.2 Å². The highest BCUT2D eigenvalue weighted by atomic mass is 79.9. The summed E-state index contributed by atoms with van der Waals surface area (Å²) < 4.78 is 1.16. The molecule has 0 aromatic heterocycles. The molecule has 1 unspecified atom stereocenters. The van der Waals surface area contributed by atoms with E-state index >= 15 is 0 Å². The molecule has 1 aliphatic carbocycles. The third-order valence-electron chi connectivity index (χ3n) is 5.20. The summed E-state index contributed by atoms with van der Waals surface area (Å²) in [5.74, 6) is 0. The van der Waals surface area contributed by atoms with Crippen molar-refractivity contribution in [3.05, 3.63) is 27.2 Å². The van der Waals surface area contributed by atoms with E-state index in [4.69, 9.17) is 11.6 Å². The minimum atomic E-state index is 0.322. The van der Waals surface area contributed by atoms with Gasteiger partial charge in [-0.1, -0.05) is 31.4 Å². The van der Waals surface area contributed by atoms with E-state index in [0.29, 0.717) is 11.6 Å². The summed E-state index contributed by atoms with van der Waals surface area (Å²) in [7, 11) is 0. The normalized spacial score (nSPS) is 24.8. The van der Waals surface area contributed by atoms with Crippen LogP contribution in [0.3, 0.4) is 0 Å². The zero-order chi connectivity index (χ0) is 15.0. The second kappa shape index (κ2) is 6.10. The number of hydrogen-bond acceptors (Lipinski definition) is 2. The van der Waals surface area contributed by atoms with Gasteiger partial charge in [0.05, 0.1) is 5.69 Å². The molecule has 1 aromatic carbocycles. The Hall–Kier alpha value is -0.250. The van der Waals surface area contributed by atoms with Crippen molar-refractivity contribution < 1.29 is 0 Å². The quantitative estimate of drug-likeness (QED) is 0.794. The van der Waals surface area contributed by atoms with Crippen molar-refractivity contribution in [3.8, 4) is 0 Å². The fourth-order valence-corrected chi connectivity index (χ4v) is 4.69. The van der Waals surface area contributed by atoms with Crippen LogP contribution in [0, 0.1) is 6.92 Å². The van der Waals surface area contributed by atoms with Crippen LogP contribution in [-0.2, 0) is 0 Å². The molecule has 1 heterocycles. The number of anilines is 1. The molecule has 0 amide bonds. The highest BCUT2D eigenvalue weighted by Gasteiger charge is 2.41. The molecule has 4 heteroatoms. The number of benzene rings is 1. The molecule has 1 N–H and O–H groups in total. The molecule has 2 nitrogen and oxygen atoms in total. The molecule has 2 fully saturated rings. The molecule has 1 saturated carbocycles. The lowest BCUT2D eigenvalue weighted by molar-refractivity contribution is 0.267. The summed E-state index contributed by atoms with van der Waals surface area (Å²) in [6, 6.07) is 4.83. The SMILES string of the molecule is CCC1CNC2(CCCC2)CN1c1cc(Cl)c(C)cc1Br. The molecule has 1 aliphatic heterocycles. The van der Waals surface area contributed by atoms with Crippen molar-refractivity contribution in [1.82, 2.24) is 5.32 Å². The summed E-state index contributed by atoms with van der Waals surface area (Å²) in [4.78, 5) is 2.58. The van der Waals surface area contributed by atoms with Crippen molar-refractivity contribution in [2.24, 2.45) is 0 Å². The molecule has 2 aliphatic rings. The number of nitrogens with one attached hydrogen (secondary N) is 1. The van der Waals surface area contributed by atoms with Crippen molar-refractivity contribution >= 4 is 33.2 Å².